The number of aryl methyl sites for hydroxylation is 1. The molecule has 4 nitrogen and oxygen atoms in total. The molecule has 7 heteroatoms. The molecule has 0 aliphatic carbocycles. The first kappa shape index (κ1) is 14.1. The van der Waals surface area contributed by atoms with Crippen LogP contribution in [0.3, 0.4) is 0 Å². The number of anilines is 3. The molecule has 0 saturated heterocycles. The van der Waals surface area contributed by atoms with Crippen molar-refractivity contribution in [2.24, 2.45) is 0 Å². The van der Waals surface area contributed by atoms with Gasteiger partial charge in [-0.1, -0.05) is 0 Å². The first-order chi connectivity index (χ1) is 9.42. The van der Waals surface area contributed by atoms with Crippen LogP contribution in [0.2, 0.25) is 0 Å². The summed E-state index contributed by atoms with van der Waals surface area (Å²) >= 11 is 0. The van der Waals surface area contributed by atoms with Gasteiger partial charge in [0.25, 0.3) is 0 Å². The molecule has 106 valence electrons. The summed E-state index contributed by atoms with van der Waals surface area (Å²) in [4.78, 5) is 8.28. The molecule has 2 rings (SSSR count). The van der Waals surface area contributed by atoms with E-state index in [2.05, 4.69) is 20.6 Å². The Kier molecular flexibility index (Phi) is 3.78. The number of nitrogens with zero attached hydrogens (tertiary/aromatic N) is 2. The van der Waals surface area contributed by atoms with Crippen molar-refractivity contribution < 1.29 is 13.2 Å². The number of hydrogen-bond acceptors (Lipinski definition) is 4. The van der Waals surface area contributed by atoms with Crippen molar-refractivity contribution in [3.63, 3.8) is 0 Å². The molecule has 0 aliphatic heterocycles. The lowest BCUT2D eigenvalue weighted by molar-refractivity contribution is 0.496. The summed E-state index contributed by atoms with van der Waals surface area (Å²) in [6.07, 6.45) is 0. The van der Waals surface area contributed by atoms with Gasteiger partial charge in [-0.05, 0) is 13.8 Å². The molecule has 0 radical (unpaired) electrons. The molecule has 0 aliphatic rings. The summed E-state index contributed by atoms with van der Waals surface area (Å²) in [5.74, 6) is -1.91. The van der Waals surface area contributed by atoms with Crippen LogP contribution in [0.25, 0.3) is 0 Å². The summed E-state index contributed by atoms with van der Waals surface area (Å²) in [5, 5.41) is 5.53. The fourth-order valence-corrected chi connectivity index (χ4v) is 1.74. The van der Waals surface area contributed by atoms with E-state index in [1.807, 2.05) is 0 Å². The van der Waals surface area contributed by atoms with E-state index in [1.54, 1.807) is 20.9 Å². The van der Waals surface area contributed by atoms with Crippen molar-refractivity contribution in [2.45, 2.75) is 13.8 Å². The Hall–Kier alpha value is -2.31. The third-order valence-electron chi connectivity index (χ3n) is 2.76. The van der Waals surface area contributed by atoms with Crippen LogP contribution in [0.15, 0.2) is 12.1 Å². The van der Waals surface area contributed by atoms with Gasteiger partial charge in [0.2, 0.25) is 0 Å². The topological polar surface area (TPSA) is 49.8 Å². The van der Waals surface area contributed by atoms with Gasteiger partial charge in [0.1, 0.15) is 23.3 Å². The van der Waals surface area contributed by atoms with E-state index in [9.17, 15) is 13.2 Å². The molecule has 1 aromatic heterocycles. The Morgan fingerprint density at radius 2 is 1.50 bits per heavy atom. The zero-order valence-electron chi connectivity index (χ0n) is 11.2. The van der Waals surface area contributed by atoms with Gasteiger partial charge in [0, 0.05) is 24.7 Å². The van der Waals surface area contributed by atoms with Crippen molar-refractivity contribution >= 4 is 17.3 Å². The first-order valence-corrected chi connectivity index (χ1v) is 5.87. The summed E-state index contributed by atoms with van der Waals surface area (Å²) in [6, 6.07) is 1.24. The number of rotatable bonds is 3. The molecular formula is C13H13F3N4. The van der Waals surface area contributed by atoms with E-state index in [1.165, 1.54) is 0 Å². The molecule has 2 aromatic rings. The fraction of sp³-hybridized carbons (Fsp3) is 0.231. The largest absolute Gasteiger partial charge is 0.373 e. The number of halogens is 3. The molecule has 0 amide bonds. The number of aromatic nitrogens is 2. The van der Waals surface area contributed by atoms with Crippen molar-refractivity contribution in [3.05, 3.63) is 41.0 Å². The van der Waals surface area contributed by atoms with Crippen molar-refractivity contribution in [1.82, 2.24) is 9.97 Å². The summed E-state index contributed by atoms with van der Waals surface area (Å²) in [7, 11) is 1.69. The molecule has 0 saturated carbocycles. The van der Waals surface area contributed by atoms with Gasteiger partial charge in [-0.2, -0.15) is 0 Å². The van der Waals surface area contributed by atoms with E-state index < -0.39 is 17.5 Å². The second kappa shape index (κ2) is 5.36. The highest BCUT2D eigenvalue weighted by Crippen LogP contribution is 2.26. The standard InChI is InChI=1S/C13H13F3N4/c1-6-12(17-3)18-7(2)19-13(6)20-11-5-9(15)8(14)4-10(11)16/h4-5H,1-3H3,(H2,17,18,19,20). The van der Waals surface area contributed by atoms with Gasteiger partial charge >= 0.3 is 0 Å². The molecule has 0 fully saturated rings. The second-order valence-electron chi connectivity index (χ2n) is 4.21. The summed E-state index contributed by atoms with van der Waals surface area (Å²) in [5.41, 5.74) is 0.453. The van der Waals surface area contributed by atoms with E-state index in [0.29, 0.717) is 29.1 Å². The minimum absolute atomic E-state index is 0.188. The third-order valence-corrected chi connectivity index (χ3v) is 2.76. The van der Waals surface area contributed by atoms with Crippen LogP contribution < -0.4 is 10.6 Å². The third kappa shape index (κ3) is 2.66. The van der Waals surface area contributed by atoms with Gasteiger partial charge in [0.05, 0.1) is 5.69 Å². The lowest BCUT2D eigenvalue weighted by Crippen LogP contribution is -2.06. The molecule has 0 bridgehead atoms. The maximum absolute atomic E-state index is 13.6. The SMILES string of the molecule is CNc1nc(C)nc(Nc2cc(F)c(F)cc2F)c1C. The predicted octanol–water partition coefficient (Wildman–Crippen LogP) is 3.30. The minimum atomic E-state index is -1.24. The molecule has 0 atom stereocenters. The molecule has 1 aromatic carbocycles. The van der Waals surface area contributed by atoms with E-state index in [4.69, 9.17) is 0 Å². The number of hydrogen-bond donors (Lipinski definition) is 2. The molecule has 0 unspecified atom stereocenters. The quantitative estimate of drug-likeness (QED) is 0.848. The minimum Gasteiger partial charge on any atom is -0.373 e. The smallest absolute Gasteiger partial charge is 0.161 e. The molecule has 20 heavy (non-hydrogen) atoms. The highest BCUT2D eigenvalue weighted by molar-refractivity contribution is 5.65. The van der Waals surface area contributed by atoms with Crippen LogP contribution in [0.1, 0.15) is 11.4 Å². The van der Waals surface area contributed by atoms with Gasteiger partial charge < -0.3 is 10.6 Å². The number of nitrogens with one attached hydrogen (secondary N) is 2. The monoisotopic (exact) mass is 282 g/mol. The lowest BCUT2D eigenvalue weighted by atomic mass is 10.2. The maximum atomic E-state index is 13.6. The average Bonchev–Trinajstić information content (AvgIpc) is 2.39. The van der Waals surface area contributed by atoms with Crippen molar-refractivity contribution in [1.29, 1.82) is 0 Å². The fourth-order valence-electron chi connectivity index (χ4n) is 1.74. The Labute approximate surface area is 114 Å². The van der Waals surface area contributed by atoms with Crippen LogP contribution in [0, 0.1) is 31.3 Å². The van der Waals surface area contributed by atoms with Gasteiger partial charge in [0.15, 0.2) is 11.6 Å². The Morgan fingerprint density at radius 1 is 0.900 bits per heavy atom. The number of benzene rings is 1. The highest BCUT2D eigenvalue weighted by atomic mass is 19.2. The van der Waals surface area contributed by atoms with Gasteiger partial charge in [-0.15, -0.1) is 0 Å². The highest BCUT2D eigenvalue weighted by Gasteiger charge is 2.13. The molecule has 2 N–H and O–H groups in total. The van der Waals surface area contributed by atoms with E-state index >= 15 is 0 Å². The van der Waals surface area contributed by atoms with Crippen LogP contribution in [0.5, 0.6) is 0 Å². The van der Waals surface area contributed by atoms with Crippen LogP contribution in [-0.4, -0.2) is 17.0 Å². The van der Waals surface area contributed by atoms with Crippen LogP contribution in [-0.2, 0) is 0 Å². The Morgan fingerprint density at radius 3 is 2.15 bits per heavy atom. The van der Waals surface area contributed by atoms with Crippen molar-refractivity contribution in [2.75, 3.05) is 17.7 Å². The average molecular weight is 282 g/mol. The maximum Gasteiger partial charge on any atom is 0.161 e. The van der Waals surface area contributed by atoms with Gasteiger partial charge in [-0.25, -0.2) is 23.1 Å². The normalized spacial score (nSPS) is 10.5. The zero-order valence-corrected chi connectivity index (χ0v) is 11.2. The second-order valence-corrected chi connectivity index (χ2v) is 4.21. The van der Waals surface area contributed by atoms with Crippen molar-refractivity contribution in [3.8, 4) is 0 Å². The zero-order chi connectivity index (χ0) is 14.9. The molecular weight excluding hydrogens is 269 g/mol. The Balaban J connectivity index is 2.45. The summed E-state index contributed by atoms with van der Waals surface area (Å²) < 4.78 is 39.6. The lowest BCUT2D eigenvalue weighted by Gasteiger charge is -2.13. The van der Waals surface area contributed by atoms with Crippen LogP contribution in [0.4, 0.5) is 30.5 Å². The van der Waals surface area contributed by atoms with Gasteiger partial charge in [-0.3, -0.25) is 0 Å². The predicted molar refractivity (Wildman–Crippen MR) is 70.7 cm³/mol. The van der Waals surface area contributed by atoms with Crippen LogP contribution >= 0.6 is 0 Å². The van der Waals surface area contributed by atoms with E-state index in [0.717, 1.165) is 6.07 Å². The summed E-state index contributed by atoms with van der Waals surface area (Å²) in [6.45, 7) is 3.40. The molecule has 0 spiro atoms. The first-order valence-electron chi connectivity index (χ1n) is 5.87. The molecule has 1 heterocycles. The Bertz CT molecular complexity index is 659. The van der Waals surface area contributed by atoms with E-state index in [-0.39, 0.29) is 5.69 Å².